The van der Waals surface area contributed by atoms with Crippen LogP contribution in [0.5, 0.6) is 0 Å². The fourth-order valence-corrected chi connectivity index (χ4v) is 4.85. The van der Waals surface area contributed by atoms with E-state index in [1.54, 1.807) is 23.8 Å². The minimum absolute atomic E-state index is 0.145. The Morgan fingerprint density at radius 1 is 1.23 bits per heavy atom. The van der Waals surface area contributed by atoms with E-state index < -0.39 is 5.91 Å². The molecular formula is C18H17ClN4O2S. The Kier molecular flexibility index (Phi) is 4.42. The van der Waals surface area contributed by atoms with Gasteiger partial charge in [0, 0.05) is 18.1 Å². The Labute approximate surface area is 159 Å². The lowest BCUT2D eigenvalue weighted by molar-refractivity contribution is 0.0963. The number of anilines is 1. The van der Waals surface area contributed by atoms with Gasteiger partial charge in [0.2, 0.25) is 0 Å². The van der Waals surface area contributed by atoms with Crippen LogP contribution in [0.25, 0.3) is 5.52 Å². The largest absolute Gasteiger partial charge is 0.355 e. The van der Waals surface area contributed by atoms with E-state index in [-0.39, 0.29) is 11.6 Å². The van der Waals surface area contributed by atoms with E-state index in [2.05, 4.69) is 15.7 Å². The topological polar surface area (TPSA) is 75.5 Å². The smallest absolute Gasteiger partial charge is 0.278 e. The first-order chi connectivity index (χ1) is 12.6. The molecule has 6 nitrogen and oxygen atoms in total. The molecule has 2 amide bonds. The van der Waals surface area contributed by atoms with Gasteiger partial charge in [0.25, 0.3) is 11.8 Å². The summed E-state index contributed by atoms with van der Waals surface area (Å²) in [6.07, 6.45) is 5.69. The highest BCUT2D eigenvalue weighted by molar-refractivity contribution is 7.17. The summed E-state index contributed by atoms with van der Waals surface area (Å²) in [6, 6.07) is 5.45. The molecule has 3 heterocycles. The molecule has 0 atom stereocenters. The predicted molar refractivity (Wildman–Crippen MR) is 103 cm³/mol. The maximum Gasteiger partial charge on any atom is 0.278 e. The molecule has 0 saturated heterocycles. The number of carbonyl (C=O) groups is 2. The van der Waals surface area contributed by atoms with Crippen LogP contribution >= 0.6 is 22.9 Å². The third-order valence-electron chi connectivity index (χ3n) is 4.55. The van der Waals surface area contributed by atoms with Crippen molar-refractivity contribution in [2.45, 2.75) is 25.7 Å². The summed E-state index contributed by atoms with van der Waals surface area (Å²) >= 11 is 7.80. The second-order valence-corrected chi connectivity index (χ2v) is 7.62. The summed E-state index contributed by atoms with van der Waals surface area (Å²) in [5.41, 5.74) is 2.43. The number of carbonyl (C=O) groups excluding carboxylic acids is 2. The summed E-state index contributed by atoms with van der Waals surface area (Å²) in [7, 11) is 1.60. The van der Waals surface area contributed by atoms with Gasteiger partial charge in [0.15, 0.2) is 5.69 Å². The minimum atomic E-state index is -0.414. The van der Waals surface area contributed by atoms with Crippen LogP contribution in [0.2, 0.25) is 5.02 Å². The lowest BCUT2D eigenvalue weighted by Crippen LogP contribution is -2.22. The molecule has 0 bridgehead atoms. The highest BCUT2D eigenvalue weighted by atomic mass is 35.5. The van der Waals surface area contributed by atoms with E-state index in [0.29, 0.717) is 21.1 Å². The van der Waals surface area contributed by atoms with Gasteiger partial charge in [-0.05, 0) is 43.4 Å². The highest BCUT2D eigenvalue weighted by Gasteiger charge is 2.27. The molecule has 0 spiro atoms. The van der Waals surface area contributed by atoms with Crippen LogP contribution in [-0.2, 0) is 12.8 Å². The molecule has 0 aliphatic heterocycles. The molecule has 4 rings (SSSR count). The van der Waals surface area contributed by atoms with Crippen molar-refractivity contribution in [2.24, 2.45) is 0 Å². The zero-order valence-electron chi connectivity index (χ0n) is 14.1. The van der Waals surface area contributed by atoms with Gasteiger partial charge in [-0.3, -0.25) is 9.59 Å². The van der Waals surface area contributed by atoms with Crippen molar-refractivity contribution in [3.05, 3.63) is 51.1 Å². The third-order valence-corrected chi connectivity index (χ3v) is 6.13. The third kappa shape index (κ3) is 2.77. The van der Waals surface area contributed by atoms with E-state index in [1.165, 1.54) is 16.2 Å². The number of aromatic nitrogens is 2. The summed E-state index contributed by atoms with van der Waals surface area (Å²) in [4.78, 5) is 26.3. The first-order valence-electron chi connectivity index (χ1n) is 8.41. The Bertz CT molecular complexity index is 1020. The van der Waals surface area contributed by atoms with E-state index in [4.69, 9.17) is 11.6 Å². The van der Waals surface area contributed by atoms with Gasteiger partial charge in [0.1, 0.15) is 5.00 Å². The number of fused-ring (bicyclic) bond motifs is 2. The molecule has 8 heteroatoms. The quantitative estimate of drug-likeness (QED) is 0.720. The second kappa shape index (κ2) is 6.74. The van der Waals surface area contributed by atoms with Gasteiger partial charge in [-0.1, -0.05) is 17.7 Å². The maximum atomic E-state index is 12.8. The molecule has 0 aromatic carbocycles. The average molecular weight is 389 g/mol. The van der Waals surface area contributed by atoms with Crippen LogP contribution in [-0.4, -0.2) is 28.5 Å². The molecule has 0 saturated carbocycles. The summed E-state index contributed by atoms with van der Waals surface area (Å²) in [5.74, 6) is -0.594. The standard InChI is InChI=1S/C18H17ClN4O2S/c1-20-16(24)13-10-6-2-3-8-12(10)26-18(13)21-17(25)15-14(19)11-7-4-5-9-23(11)22-15/h4-5,7,9H,2-3,6,8H2,1H3,(H,20,24)(H,21,25). The van der Waals surface area contributed by atoms with Crippen molar-refractivity contribution < 1.29 is 9.59 Å². The molecule has 0 unspecified atom stereocenters. The Morgan fingerprint density at radius 2 is 2.04 bits per heavy atom. The zero-order chi connectivity index (χ0) is 18.3. The van der Waals surface area contributed by atoms with Crippen molar-refractivity contribution >= 4 is 45.3 Å². The van der Waals surface area contributed by atoms with Gasteiger partial charge >= 0.3 is 0 Å². The molecule has 3 aromatic heterocycles. The van der Waals surface area contributed by atoms with Gasteiger partial charge in [-0.25, -0.2) is 4.52 Å². The number of nitrogens with one attached hydrogen (secondary N) is 2. The van der Waals surface area contributed by atoms with Crippen LogP contribution in [0.3, 0.4) is 0 Å². The first kappa shape index (κ1) is 17.1. The van der Waals surface area contributed by atoms with Crippen molar-refractivity contribution in [1.82, 2.24) is 14.9 Å². The fraction of sp³-hybridized carbons (Fsp3) is 0.278. The van der Waals surface area contributed by atoms with Crippen LogP contribution in [0.1, 0.15) is 44.1 Å². The lowest BCUT2D eigenvalue weighted by atomic mass is 9.95. The molecule has 3 aromatic rings. The molecule has 1 aliphatic carbocycles. The number of nitrogens with zero attached hydrogens (tertiary/aromatic N) is 2. The minimum Gasteiger partial charge on any atom is -0.355 e. The van der Waals surface area contributed by atoms with Crippen LogP contribution in [0.4, 0.5) is 5.00 Å². The number of amides is 2. The van der Waals surface area contributed by atoms with Crippen molar-refractivity contribution in [1.29, 1.82) is 0 Å². The first-order valence-corrected chi connectivity index (χ1v) is 9.60. The normalized spacial score (nSPS) is 13.5. The Hall–Kier alpha value is -2.38. The SMILES string of the molecule is CNC(=O)c1c(NC(=O)c2nn3ccccc3c2Cl)sc2c1CCCC2. The fourth-order valence-electron chi connectivity index (χ4n) is 3.30. The second-order valence-electron chi connectivity index (χ2n) is 6.14. The van der Waals surface area contributed by atoms with E-state index in [9.17, 15) is 9.59 Å². The van der Waals surface area contributed by atoms with Gasteiger partial charge in [0.05, 0.1) is 16.1 Å². The molecule has 0 radical (unpaired) electrons. The van der Waals surface area contributed by atoms with E-state index in [0.717, 1.165) is 31.2 Å². The number of halogens is 1. The Balaban J connectivity index is 1.72. The number of pyridine rings is 1. The van der Waals surface area contributed by atoms with Gasteiger partial charge in [-0.15, -0.1) is 11.3 Å². The van der Waals surface area contributed by atoms with E-state index in [1.807, 2.05) is 12.1 Å². The van der Waals surface area contributed by atoms with E-state index >= 15 is 0 Å². The van der Waals surface area contributed by atoms with Crippen LogP contribution in [0, 0.1) is 0 Å². The number of hydrogen-bond donors (Lipinski definition) is 2. The number of hydrogen-bond acceptors (Lipinski definition) is 4. The summed E-state index contributed by atoms with van der Waals surface area (Å²) in [5, 5.41) is 10.7. The number of thiophene rings is 1. The van der Waals surface area contributed by atoms with Crippen molar-refractivity contribution in [3.63, 3.8) is 0 Å². The summed E-state index contributed by atoms with van der Waals surface area (Å²) < 4.78 is 1.57. The van der Waals surface area contributed by atoms with Gasteiger partial charge < -0.3 is 10.6 Å². The maximum absolute atomic E-state index is 12.8. The van der Waals surface area contributed by atoms with Crippen LogP contribution in [0.15, 0.2) is 24.4 Å². The Morgan fingerprint density at radius 3 is 2.81 bits per heavy atom. The number of rotatable bonds is 3. The monoisotopic (exact) mass is 388 g/mol. The van der Waals surface area contributed by atoms with Crippen molar-refractivity contribution in [2.75, 3.05) is 12.4 Å². The number of aryl methyl sites for hydroxylation is 1. The average Bonchev–Trinajstić information content (AvgIpc) is 3.19. The van der Waals surface area contributed by atoms with Crippen molar-refractivity contribution in [3.8, 4) is 0 Å². The molecule has 2 N–H and O–H groups in total. The summed E-state index contributed by atoms with van der Waals surface area (Å²) in [6.45, 7) is 0. The predicted octanol–water partition coefficient (Wildman–Crippen LogP) is 3.54. The molecule has 0 fully saturated rings. The molecular weight excluding hydrogens is 372 g/mol. The lowest BCUT2D eigenvalue weighted by Gasteiger charge is -2.12. The van der Waals surface area contributed by atoms with Crippen LogP contribution < -0.4 is 10.6 Å². The molecule has 1 aliphatic rings. The zero-order valence-corrected chi connectivity index (χ0v) is 15.7. The molecule has 26 heavy (non-hydrogen) atoms. The van der Waals surface area contributed by atoms with Gasteiger partial charge in [-0.2, -0.15) is 5.10 Å². The highest BCUT2D eigenvalue weighted by Crippen LogP contribution is 2.38. The molecule has 134 valence electrons.